The van der Waals surface area contributed by atoms with Crippen LogP contribution in [0.1, 0.15) is 72.1 Å². The van der Waals surface area contributed by atoms with Crippen LogP contribution in [0.25, 0.3) is 0 Å². The summed E-state index contributed by atoms with van der Waals surface area (Å²) in [5.41, 5.74) is 5.80. The Morgan fingerprint density at radius 2 is 1.22 bits per heavy atom. The molecule has 0 aliphatic carbocycles. The third kappa shape index (κ3) is 24.0. The number of hydrogen-bond donors (Lipinski definition) is 3. The molecule has 1 atom stereocenters. The molecule has 204 valence electrons. The van der Waals surface area contributed by atoms with Crippen LogP contribution in [0.2, 0.25) is 0 Å². The first-order chi connectivity index (χ1) is 17.5. The van der Waals surface area contributed by atoms with Gasteiger partial charge >= 0.3 is 0 Å². The molecule has 0 spiro atoms. The molecule has 0 saturated heterocycles. The second kappa shape index (κ2) is 26.4. The number of allylic oxidation sites excluding steroid dienone is 10. The van der Waals surface area contributed by atoms with Crippen LogP contribution in [0.4, 0.5) is 0 Å². The smallest absolute Gasteiger partial charge is 0.237 e. The highest BCUT2D eigenvalue weighted by molar-refractivity contribution is 8.76. The quantitative estimate of drug-likeness (QED) is 0.0836. The molecule has 0 aromatic carbocycles. The lowest BCUT2D eigenvalue weighted by Crippen LogP contribution is -2.44. The number of hydrogen-bond acceptors (Lipinski definition) is 5. The van der Waals surface area contributed by atoms with E-state index in [0.717, 1.165) is 56.5 Å². The van der Waals surface area contributed by atoms with Gasteiger partial charge < -0.3 is 16.4 Å². The summed E-state index contributed by atoms with van der Waals surface area (Å²) in [5.74, 6) is 1.84. The molecule has 0 heterocycles. The second-order valence-corrected chi connectivity index (χ2v) is 11.4. The van der Waals surface area contributed by atoms with Gasteiger partial charge in [-0.1, -0.05) is 103 Å². The zero-order valence-corrected chi connectivity index (χ0v) is 24.3. The van der Waals surface area contributed by atoms with Gasteiger partial charge in [0.25, 0.3) is 0 Å². The van der Waals surface area contributed by atoms with E-state index in [2.05, 4.69) is 78.3 Å². The Morgan fingerprint density at radius 1 is 0.750 bits per heavy atom. The number of carbonyl (C=O) groups excluding carboxylic acids is 2. The van der Waals surface area contributed by atoms with Gasteiger partial charge in [0.15, 0.2) is 0 Å². The van der Waals surface area contributed by atoms with Crippen LogP contribution in [-0.4, -0.2) is 42.5 Å². The van der Waals surface area contributed by atoms with Gasteiger partial charge in [0.05, 0.1) is 6.04 Å². The monoisotopic (exact) mass is 535 g/mol. The Kier molecular flexibility index (Phi) is 25.1. The molecule has 7 heteroatoms. The van der Waals surface area contributed by atoms with Gasteiger partial charge in [-0.25, -0.2) is 0 Å². The average molecular weight is 536 g/mol. The van der Waals surface area contributed by atoms with E-state index < -0.39 is 6.04 Å². The third-order valence-corrected chi connectivity index (χ3v) is 7.44. The van der Waals surface area contributed by atoms with Crippen molar-refractivity contribution in [2.75, 3.05) is 24.6 Å². The standard InChI is InChI=1S/C29H49N3O2S2/c1-4-5-6-7-8-9-10-11-12-13-14-15-16-17-18-19-20-21-27(33)31-22-24-35-36-25-23-32-29(34)28(30)26(2)3/h5-6,8-9,11-12,14-15,17-18,26,28H,4,7,10,13,16,19-25,30H2,1-3H3,(H,31,33)(H,32,34). The number of carbonyl (C=O) groups is 2. The second-order valence-electron chi connectivity index (χ2n) is 8.66. The Balaban J connectivity index is 3.52. The van der Waals surface area contributed by atoms with Crippen molar-refractivity contribution in [1.82, 2.24) is 10.6 Å². The highest BCUT2D eigenvalue weighted by atomic mass is 33.1. The first kappa shape index (κ1) is 34.3. The summed E-state index contributed by atoms with van der Waals surface area (Å²) in [6.07, 6.45) is 29.3. The molecule has 0 radical (unpaired) electrons. The van der Waals surface area contributed by atoms with Crippen LogP contribution in [0.5, 0.6) is 0 Å². The number of rotatable bonds is 22. The summed E-state index contributed by atoms with van der Waals surface area (Å²) >= 11 is 0. The molecule has 0 aliphatic heterocycles. The normalized spacial score (nSPS) is 13.2. The molecular formula is C29H49N3O2S2. The molecule has 0 rings (SSSR count). The van der Waals surface area contributed by atoms with E-state index in [1.54, 1.807) is 21.6 Å². The fourth-order valence-electron chi connectivity index (χ4n) is 2.82. The number of nitrogens with one attached hydrogen (secondary N) is 2. The van der Waals surface area contributed by atoms with Gasteiger partial charge in [-0.2, -0.15) is 0 Å². The van der Waals surface area contributed by atoms with E-state index in [0.29, 0.717) is 19.5 Å². The molecule has 36 heavy (non-hydrogen) atoms. The molecule has 0 aliphatic rings. The van der Waals surface area contributed by atoms with Crippen molar-refractivity contribution >= 4 is 33.4 Å². The summed E-state index contributed by atoms with van der Waals surface area (Å²) in [4.78, 5) is 23.6. The maximum atomic E-state index is 11.9. The minimum absolute atomic E-state index is 0.0903. The Bertz CT molecular complexity index is 701. The molecule has 0 saturated carbocycles. The van der Waals surface area contributed by atoms with Gasteiger partial charge in [-0.3, -0.25) is 9.59 Å². The summed E-state index contributed by atoms with van der Waals surface area (Å²) in [6, 6.07) is -0.446. The predicted molar refractivity (Wildman–Crippen MR) is 162 cm³/mol. The van der Waals surface area contributed by atoms with Gasteiger partial charge in [0.1, 0.15) is 0 Å². The van der Waals surface area contributed by atoms with Crippen LogP contribution in [0.3, 0.4) is 0 Å². The number of nitrogens with two attached hydrogens (primary N) is 1. The Morgan fingerprint density at radius 3 is 1.72 bits per heavy atom. The van der Waals surface area contributed by atoms with Crippen molar-refractivity contribution in [3.63, 3.8) is 0 Å². The predicted octanol–water partition coefficient (Wildman–Crippen LogP) is 6.51. The lowest BCUT2D eigenvalue weighted by Gasteiger charge is -2.14. The number of unbranched alkanes of at least 4 members (excludes halogenated alkanes) is 1. The van der Waals surface area contributed by atoms with Crippen LogP contribution in [0.15, 0.2) is 60.8 Å². The van der Waals surface area contributed by atoms with Gasteiger partial charge in [0.2, 0.25) is 11.8 Å². The topological polar surface area (TPSA) is 84.2 Å². The SMILES string of the molecule is CCC=CCC=CCC=CCC=CCC=CCCCC(=O)NCCSSCCNC(=O)C(N)C(C)C. The molecule has 0 aromatic rings. The van der Waals surface area contributed by atoms with Crippen LogP contribution >= 0.6 is 21.6 Å². The highest BCUT2D eigenvalue weighted by Crippen LogP contribution is 2.19. The van der Waals surface area contributed by atoms with E-state index in [4.69, 9.17) is 5.73 Å². The Hall–Kier alpha value is -1.70. The Labute approximate surface area is 228 Å². The summed E-state index contributed by atoms with van der Waals surface area (Å²) in [5, 5.41) is 5.82. The van der Waals surface area contributed by atoms with Crippen LogP contribution < -0.4 is 16.4 Å². The van der Waals surface area contributed by atoms with E-state index in [9.17, 15) is 9.59 Å². The minimum atomic E-state index is -0.446. The summed E-state index contributed by atoms with van der Waals surface area (Å²) < 4.78 is 0. The molecular weight excluding hydrogens is 486 g/mol. The van der Waals surface area contributed by atoms with Gasteiger partial charge in [-0.05, 0) is 50.9 Å². The summed E-state index contributed by atoms with van der Waals surface area (Å²) in [7, 11) is 3.40. The van der Waals surface area contributed by atoms with Crippen LogP contribution in [-0.2, 0) is 9.59 Å². The first-order valence-corrected chi connectivity index (χ1v) is 15.8. The zero-order valence-electron chi connectivity index (χ0n) is 22.6. The lowest BCUT2D eigenvalue weighted by molar-refractivity contribution is -0.123. The fourth-order valence-corrected chi connectivity index (χ4v) is 4.64. The van der Waals surface area contributed by atoms with E-state index >= 15 is 0 Å². The molecule has 1 unspecified atom stereocenters. The van der Waals surface area contributed by atoms with Gasteiger partial charge in [-0.15, -0.1) is 0 Å². The minimum Gasteiger partial charge on any atom is -0.355 e. The van der Waals surface area contributed by atoms with E-state index in [-0.39, 0.29) is 17.7 Å². The molecule has 5 nitrogen and oxygen atoms in total. The fraction of sp³-hybridized carbons (Fsp3) is 0.586. The lowest BCUT2D eigenvalue weighted by atomic mass is 10.1. The molecule has 4 N–H and O–H groups in total. The molecule has 2 amide bonds. The summed E-state index contributed by atoms with van der Waals surface area (Å²) in [6.45, 7) is 7.31. The first-order valence-electron chi connectivity index (χ1n) is 13.3. The maximum absolute atomic E-state index is 11.9. The average Bonchev–Trinajstić information content (AvgIpc) is 2.86. The maximum Gasteiger partial charge on any atom is 0.237 e. The third-order valence-electron chi connectivity index (χ3n) is 5.03. The van der Waals surface area contributed by atoms with E-state index in [1.165, 1.54) is 0 Å². The van der Waals surface area contributed by atoms with Crippen LogP contribution in [0, 0.1) is 5.92 Å². The highest BCUT2D eigenvalue weighted by Gasteiger charge is 2.16. The zero-order chi connectivity index (χ0) is 26.7. The van der Waals surface area contributed by atoms with Crippen molar-refractivity contribution < 1.29 is 9.59 Å². The van der Waals surface area contributed by atoms with Crippen molar-refractivity contribution in [3.05, 3.63) is 60.8 Å². The van der Waals surface area contributed by atoms with Crippen molar-refractivity contribution in [3.8, 4) is 0 Å². The molecule has 0 aromatic heterocycles. The van der Waals surface area contributed by atoms with Crippen molar-refractivity contribution in [2.45, 2.75) is 78.2 Å². The van der Waals surface area contributed by atoms with Gasteiger partial charge in [0, 0.05) is 31.0 Å². The largest absolute Gasteiger partial charge is 0.355 e. The number of amides is 2. The van der Waals surface area contributed by atoms with E-state index in [1.807, 2.05) is 13.8 Å². The van der Waals surface area contributed by atoms with Crippen molar-refractivity contribution in [1.29, 1.82) is 0 Å². The molecule has 0 fully saturated rings. The van der Waals surface area contributed by atoms with Crippen molar-refractivity contribution in [2.24, 2.45) is 11.7 Å². The molecule has 0 bridgehead atoms.